The maximum Gasteiger partial charge on any atom is 0.255 e. The van der Waals surface area contributed by atoms with Crippen molar-refractivity contribution in [2.45, 2.75) is 23.8 Å². The van der Waals surface area contributed by atoms with E-state index in [0.29, 0.717) is 22.9 Å². The van der Waals surface area contributed by atoms with Crippen LogP contribution in [0.4, 0.5) is 5.69 Å². The molecule has 4 rings (SSSR count). The number of ether oxygens (including phenoxy) is 1. The van der Waals surface area contributed by atoms with E-state index in [1.165, 1.54) is 41.7 Å². The Labute approximate surface area is 209 Å². The van der Waals surface area contributed by atoms with Gasteiger partial charge in [-0.25, -0.2) is 8.42 Å². The predicted molar refractivity (Wildman–Crippen MR) is 135 cm³/mol. The molecule has 0 radical (unpaired) electrons. The molecule has 1 aliphatic rings. The summed E-state index contributed by atoms with van der Waals surface area (Å²) in [6.45, 7) is 0.925. The molecule has 1 heterocycles. The average Bonchev–Trinajstić information content (AvgIpc) is 3.38. The minimum atomic E-state index is -3.72. The molecular formula is C26H25ClN2O5S. The van der Waals surface area contributed by atoms with Crippen LogP contribution in [0.2, 0.25) is 5.02 Å². The number of hydrogen-bond acceptors (Lipinski definition) is 5. The SMILES string of the molecule is CN(CC1CCCO1)S(=O)(=O)c1ccc(C(=O)Nc2ccc(Cl)cc2C(=O)c2ccccc2)cc1. The quantitative estimate of drug-likeness (QED) is 0.444. The van der Waals surface area contributed by atoms with Gasteiger partial charge in [0.25, 0.3) is 5.91 Å². The number of anilines is 1. The Kier molecular flexibility index (Phi) is 7.66. The molecule has 1 aliphatic heterocycles. The molecule has 3 aromatic rings. The van der Waals surface area contributed by atoms with Gasteiger partial charge in [-0.15, -0.1) is 0 Å². The number of rotatable bonds is 8. The summed E-state index contributed by atoms with van der Waals surface area (Å²) >= 11 is 6.11. The van der Waals surface area contributed by atoms with Crippen molar-refractivity contribution in [2.75, 3.05) is 25.5 Å². The average molecular weight is 513 g/mol. The van der Waals surface area contributed by atoms with E-state index >= 15 is 0 Å². The first-order valence-electron chi connectivity index (χ1n) is 11.1. The molecular weight excluding hydrogens is 488 g/mol. The normalized spacial score (nSPS) is 15.8. The third kappa shape index (κ3) is 5.79. The first kappa shape index (κ1) is 25.1. The summed E-state index contributed by atoms with van der Waals surface area (Å²) in [6, 6.07) is 19.0. The molecule has 9 heteroatoms. The molecule has 0 aromatic heterocycles. The number of hydrogen-bond donors (Lipinski definition) is 1. The van der Waals surface area contributed by atoms with Crippen molar-refractivity contribution in [1.82, 2.24) is 4.31 Å². The molecule has 1 fully saturated rings. The van der Waals surface area contributed by atoms with Crippen LogP contribution < -0.4 is 5.32 Å². The predicted octanol–water partition coefficient (Wildman–Crippen LogP) is 4.62. The maximum absolute atomic E-state index is 13.0. The van der Waals surface area contributed by atoms with Crippen LogP contribution in [0.1, 0.15) is 39.1 Å². The maximum atomic E-state index is 13.0. The summed E-state index contributed by atoms with van der Waals surface area (Å²) in [4.78, 5) is 26.0. The zero-order valence-corrected chi connectivity index (χ0v) is 20.7. The second kappa shape index (κ2) is 10.7. The molecule has 1 atom stereocenters. The van der Waals surface area contributed by atoms with Crippen LogP contribution in [-0.4, -0.2) is 50.7 Å². The van der Waals surface area contributed by atoms with Crippen molar-refractivity contribution in [3.63, 3.8) is 0 Å². The number of benzene rings is 3. The van der Waals surface area contributed by atoms with Crippen LogP contribution in [-0.2, 0) is 14.8 Å². The van der Waals surface area contributed by atoms with E-state index in [1.807, 2.05) is 6.07 Å². The summed E-state index contributed by atoms with van der Waals surface area (Å²) in [6.07, 6.45) is 1.65. The van der Waals surface area contributed by atoms with Gasteiger partial charge >= 0.3 is 0 Å². The number of carbonyl (C=O) groups is 2. The fraction of sp³-hybridized carbons (Fsp3) is 0.231. The van der Waals surface area contributed by atoms with Gasteiger partial charge in [0.1, 0.15) is 0 Å². The molecule has 1 saturated heterocycles. The molecule has 1 unspecified atom stereocenters. The van der Waals surface area contributed by atoms with E-state index in [9.17, 15) is 18.0 Å². The van der Waals surface area contributed by atoms with Crippen LogP contribution in [0.5, 0.6) is 0 Å². The van der Waals surface area contributed by atoms with Crippen molar-refractivity contribution in [3.8, 4) is 0 Å². The molecule has 0 spiro atoms. The van der Waals surface area contributed by atoms with Crippen LogP contribution in [0, 0.1) is 0 Å². The standard InChI is InChI=1S/C26H25ClN2O5S/c1-29(17-21-8-5-15-34-21)35(32,33)22-12-9-19(10-13-22)26(31)28-24-14-11-20(27)16-23(24)25(30)18-6-3-2-4-7-18/h2-4,6-7,9-14,16,21H,5,8,15,17H2,1H3,(H,28,31). The van der Waals surface area contributed by atoms with Crippen LogP contribution >= 0.6 is 11.6 Å². The number of nitrogens with zero attached hydrogens (tertiary/aromatic N) is 1. The smallest absolute Gasteiger partial charge is 0.255 e. The molecule has 0 aliphatic carbocycles. The number of halogens is 1. The van der Waals surface area contributed by atoms with E-state index in [1.54, 1.807) is 36.4 Å². The molecule has 35 heavy (non-hydrogen) atoms. The van der Waals surface area contributed by atoms with Gasteiger partial charge in [0.05, 0.1) is 16.7 Å². The van der Waals surface area contributed by atoms with Gasteiger partial charge in [0.15, 0.2) is 5.78 Å². The Hall–Kier alpha value is -3.04. The highest BCUT2D eigenvalue weighted by Crippen LogP contribution is 2.25. The number of amides is 1. The first-order valence-corrected chi connectivity index (χ1v) is 13.0. The molecule has 7 nitrogen and oxygen atoms in total. The second-order valence-corrected chi connectivity index (χ2v) is 10.8. The third-order valence-corrected chi connectivity index (χ3v) is 7.89. The van der Waals surface area contributed by atoms with Crippen molar-refractivity contribution in [3.05, 3.63) is 94.5 Å². The van der Waals surface area contributed by atoms with Crippen molar-refractivity contribution < 1.29 is 22.7 Å². The van der Waals surface area contributed by atoms with Gasteiger partial charge in [-0.3, -0.25) is 9.59 Å². The number of likely N-dealkylation sites (N-methyl/N-ethyl adjacent to an activating group) is 1. The van der Waals surface area contributed by atoms with Crippen LogP contribution in [0.25, 0.3) is 0 Å². The van der Waals surface area contributed by atoms with Crippen molar-refractivity contribution in [1.29, 1.82) is 0 Å². The van der Waals surface area contributed by atoms with E-state index < -0.39 is 15.9 Å². The highest BCUT2D eigenvalue weighted by atomic mass is 35.5. The molecule has 1 N–H and O–H groups in total. The van der Waals surface area contributed by atoms with Gasteiger partial charge in [-0.05, 0) is 55.3 Å². The minimum Gasteiger partial charge on any atom is -0.377 e. The van der Waals surface area contributed by atoms with Gasteiger partial charge in [-0.1, -0.05) is 41.9 Å². The second-order valence-electron chi connectivity index (χ2n) is 8.28. The Morgan fingerprint density at radius 3 is 2.40 bits per heavy atom. The Balaban J connectivity index is 1.51. The monoisotopic (exact) mass is 512 g/mol. The lowest BCUT2D eigenvalue weighted by Crippen LogP contribution is -2.34. The third-order valence-electron chi connectivity index (χ3n) is 5.82. The molecule has 1 amide bonds. The number of nitrogens with one attached hydrogen (secondary N) is 1. The number of sulfonamides is 1. The van der Waals surface area contributed by atoms with Crippen LogP contribution in [0.15, 0.2) is 77.7 Å². The molecule has 3 aromatic carbocycles. The van der Waals surface area contributed by atoms with E-state index in [-0.39, 0.29) is 34.5 Å². The summed E-state index contributed by atoms with van der Waals surface area (Å²) in [5.74, 6) is -0.759. The van der Waals surface area contributed by atoms with Gasteiger partial charge in [0.2, 0.25) is 10.0 Å². The summed E-state index contributed by atoms with van der Waals surface area (Å²) < 4.78 is 32.6. The lowest BCUT2D eigenvalue weighted by Gasteiger charge is -2.20. The Morgan fingerprint density at radius 2 is 1.74 bits per heavy atom. The van der Waals surface area contributed by atoms with Crippen LogP contribution in [0.3, 0.4) is 0 Å². The molecule has 182 valence electrons. The summed E-state index contributed by atoms with van der Waals surface area (Å²) in [5.41, 5.74) is 1.28. The summed E-state index contributed by atoms with van der Waals surface area (Å²) in [5, 5.41) is 3.10. The highest BCUT2D eigenvalue weighted by Gasteiger charge is 2.26. The zero-order chi connectivity index (χ0) is 25.0. The lowest BCUT2D eigenvalue weighted by molar-refractivity contribution is 0.0978. The largest absolute Gasteiger partial charge is 0.377 e. The lowest BCUT2D eigenvalue weighted by atomic mass is 10.0. The molecule has 0 bridgehead atoms. The Bertz CT molecular complexity index is 1320. The minimum absolute atomic E-state index is 0.0842. The fourth-order valence-corrected chi connectivity index (χ4v) is 5.26. The Morgan fingerprint density at radius 1 is 1.03 bits per heavy atom. The van der Waals surface area contributed by atoms with Gasteiger partial charge < -0.3 is 10.1 Å². The van der Waals surface area contributed by atoms with Crippen molar-refractivity contribution in [2.24, 2.45) is 0 Å². The number of ketones is 1. The van der Waals surface area contributed by atoms with E-state index in [0.717, 1.165) is 12.8 Å². The number of carbonyl (C=O) groups excluding carboxylic acids is 2. The first-order chi connectivity index (χ1) is 16.8. The molecule has 0 saturated carbocycles. The van der Waals surface area contributed by atoms with E-state index in [4.69, 9.17) is 16.3 Å². The topological polar surface area (TPSA) is 92.8 Å². The van der Waals surface area contributed by atoms with Gasteiger partial charge in [0, 0.05) is 41.9 Å². The van der Waals surface area contributed by atoms with Crippen molar-refractivity contribution >= 4 is 39.0 Å². The van der Waals surface area contributed by atoms with Gasteiger partial charge in [-0.2, -0.15) is 4.31 Å². The zero-order valence-electron chi connectivity index (χ0n) is 19.1. The highest BCUT2D eigenvalue weighted by molar-refractivity contribution is 7.89. The summed E-state index contributed by atoms with van der Waals surface area (Å²) in [7, 11) is -2.20. The van der Waals surface area contributed by atoms with E-state index in [2.05, 4.69) is 5.32 Å². The fourth-order valence-electron chi connectivity index (χ4n) is 3.88.